The predicted molar refractivity (Wildman–Crippen MR) is 90.8 cm³/mol. The standard InChI is InChI=1S/C16H19N5OS/c1-2-13-11-4-8-23-14(11)3-5-20(13)15-12-9-19-21(6-7-22)16(12)18-10-17-15/h4,8-10,13,22H,2-3,5-7H2,1H3/t13-/m1/s1. The topological polar surface area (TPSA) is 67.1 Å². The van der Waals surface area contributed by atoms with Crippen molar-refractivity contribution >= 4 is 28.2 Å². The first-order valence-corrected chi connectivity index (χ1v) is 8.81. The van der Waals surface area contributed by atoms with Crippen molar-refractivity contribution < 1.29 is 5.11 Å². The summed E-state index contributed by atoms with van der Waals surface area (Å²) in [6, 6.07) is 2.60. The Bertz CT molecular complexity index is 827. The van der Waals surface area contributed by atoms with Crippen LogP contribution in [-0.4, -0.2) is 38.0 Å². The molecule has 0 saturated heterocycles. The fraction of sp³-hybridized carbons (Fsp3) is 0.438. The average Bonchev–Trinajstić information content (AvgIpc) is 3.21. The first-order chi connectivity index (χ1) is 11.3. The number of hydrogen-bond donors (Lipinski definition) is 1. The van der Waals surface area contributed by atoms with Crippen LogP contribution < -0.4 is 4.90 Å². The van der Waals surface area contributed by atoms with Gasteiger partial charge in [0.2, 0.25) is 0 Å². The van der Waals surface area contributed by atoms with E-state index in [0.29, 0.717) is 12.6 Å². The summed E-state index contributed by atoms with van der Waals surface area (Å²) in [5.41, 5.74) is 2.22. The van der Waals surface area contributed by atoms with E-state index in [1.54, 1.807) is 11.0 Å². The molecule has 6 nitrogen and oxygen atoms in total. The molecule has 1 atom stereocenters. The van der Waals surface area contributed by atoms with Crippen LogP contribution in [0.15, 0.2) is 24.0 Å². The lowest BCUT2D eigenvalue weighted by Crippen LogP contribution is -2.35. The van der Waals surface area contributed by atoms with Crippen molar-refractivity contribution in [2.75, 3.05) is 18.1 Å². The summed E-state index contributed by atoms with van der Waals surface area (Å²) in [4.78, 5) is 12.8. The zero-order valence-corrected chi connectivity index (χ0v) is 13.8. The summed E-state index contributed by atoms with van der Waals surface area (Å²) >= 11 is 1.85. The number of fused-ring (bicyclic) bond motifs is 2. The van der Waals surface area contributed by atoms with Crippen LogP contribution in [0.1, 0.15) is 29.8 Å². The molecule has 3 aromatic heterocycles. The van der Waals surface area contributed by atoms with Gasteiger partial charge in [0.15, 0.2) is 5.65 Å². The van der Waals surface area contributed by atoms with Gasteiger partial charge in [-0.05, 0) is 29.9 Å². The zero-order valence-electron chi connectivity index (χ0n) is 13.0. The molecule has 4 heterocycles. The molecule has 0 fully saturated rings. The van der Waals surface area contributed by atoms with E-state index in [2.05, 4.69) is 38.3 Å². The molecule has 0 amide bonds. The third-order valence-electron chi connectivity index (χ3n) is 4.48. The van der Waals surface area contributed by atoms with Crippen molar-refractivity contribution in [3.05, 3.63) is 34.4 Å². The summed E-state index contributed by atoms with van der Waals surface area (Å²) in [6.45, 7) is 3.68. The van der Waals surface area contributed by atoms with Crippen LogP contribution >= 0.6 is 11.3 Å². The number of hydrogen-bond acceptors (Lipinski definition) is 6. The molecular formula is C16H19N5OS. The molecular weight excluding hydrogens is 310 g/mol. The highest BCUT2D eigenvalue weighted by atomic mass is 32.1. The highest BCUT2D eigenvalue weighted by Gasteiger charge is 2.29. The summed E-state index contributed by atoms with van der Waals surface area (Å²) in [6.07, 6.45) is 5.51. The van der Waals surface area contributed by atoms with Crippen molar-refractivity contribution in [1.82, 2.24) is 19.7 Å². The van der Waals surface area contributed by atoms with Gasteiger partial charge in [0.25, 0.3) is 0 Å². The van der Waals surface area contributed by atoms with Crippen LogP contribution in [0, 0.1) is 0 Å². The van der Waals surface area contributed by atoms with Crippen molar-refractivity contribution in [2.24, 2.45) is 0 Å². The molecule has 4 rings (SSSR count). The van der Waals surface area contributed by atoms with Crippen LogP contribution in [0.4, 0.5) is 5.82 Å². The molecule has 0 radical (unpaired) electrons. The molecule has 0 bridgehead atoms. The Balaban J connectivity index is 1.80. The second kappa shape index (κ2) is 5.90. The fourth-order valence-corrected chi connectivity index (χ4v) is 4.39. The number of rotatable bonds is 4. The van der Waals surface area contributed by atoms with Crippen molar-refractivity contribution in [3.63, 3.8) is 0 Å². The maximum absolute atomic E-state index is 9.17. The van der Waals surface area contributed by atoms with Gasteiger partial charge in [0, 0.05) is 11.4 Å². The molecule has 1 aliphatic heterocycles. The third-order valence-corrected chi connectivity index (χ3v) is 5.47. The molecule has 0 unspecified atom stereocenters. The van der Waals surface area contributed by atoms with Crippen molar-refractivity contribution in [1.29, 1.82) is 0 Å². The van der Waals surface area contributed by atoms with E-state index < -0.39 is 0 Å². The molecule has 23 heavy (non-hydrogen) atoms. The Morgan fingerprint density at radius 3 is 3.13 bits per heavy atom. The second-order valence-electron chi connectivity index (χ2n) is 5.69. The SMILES string of the molecule is CC[C@@H]1c2ccsc2CCN1c1ncnc2c1cnn2CCO. The summed E-state index contributed by atoms with van der Waals surface area (Å²) in [5.74, 6) is 0.947. The molecule has 1 aliphatic rings. The molecule has 0 spiro atoms. The molecule has 0 aliphatic carbocycles. The highest BCUT2D eigenvalue weighted by Crippen LogP contribution is 2.39. The highest BCUT2D eigenvalue weighted by molar-refractivity contribution is 7.10. The Morgan fingerprint density at radius 1 is 1.39 bits per heavy atom. The van der Waals surface area contributed by atoms with Crippen LogP contribution in [-0.2, 0) is 13.0 Å². The Hall–Kier alpha value is -1.99. The minimum absolute atomic E-state index is 0.0513. The minimum atomic E-state index is 0.0513. The Kier molecular flexibility index (Phi) is 3.74. The molecule has 0 aromatic carbocycles. The molecule has 120 valence electrons. The molecule has 1 N–H and O–H groups in total. The van der Waals surface area contributed by atoms with E-state index in [1.807, 2.05) is 17.5 Å². The van der Waals surface area contributed by atoms with Gasteiger partial charge in [0.1, 0.15) is 12.1 Å². The Labute approximate surface area is 138 Å². The minimum Gasteiger partial charge on any atom is -0.394 e. The molecule has 0 saturated carbocycles. The monoisotopic (exact) mass is 329 g/mol. The number of aliphatic hydroxyl groups is 1. The van der Waals surface area contributed by atoms with E-state index in [0.717, 1.165) is 36.2 Å². The third kappa shape index (κ3) is 2.31. The van der Waals surface area contributed by atoms with Crippen LogP contribution in [0.3, 0.4) is 0 Å². The van der Waals surface area contributed by atoms with Gasteiger partial charge in [-0.15, -0.1) is 11.3 Å². The second-order valence-corrected chi connectivity index (χ2v) is 6.69. The van der Waals surface area contributed by atoms with Gasteiger partial charge in [-0.2, -0.15) is 5.10 Å². The number of thiophene rings is 1. The number of aromatic nitrogens is 4. The summed E-state index contributed by atoms with van der Waals surface area (Å²) in [7, 11) is 0. The maximum atomic E-state index is 9.17. The fourth-order valence-electron chi connectivity index (χ4n) is 3.46. The summed E-state index contributed by atoms with van der Waals surface area (Å²) in [5, 5.41) is 16.7. The number of anilines is 1. The average molecular weight is 329 g/mol. The van der Waals surface area contributed by atoms with Gasteiger partial charge in [-0.25, -0.2) is 14.6 Å². The van der Waals surface area contributed by atoms with Gasteiger partial charge in [-0.3, -0.25) is 0 Å². The molecule has 3 aromatic rings. The summed E-state index contributed by atoms with van der Waals surface area (Å²) < 4.78 is 1.74. The van der Waals surface area contributed by atoms with E-state index in [1.165, 1.54) is 10.4 Å². The van der Waals surface area contributed by atoms with E-state index in [9.17, 15) is 0 Å². The largest absolute Gasteiger partial charge is 0.394 e. The zero-order chi connectivity index (χ0) is 15.8. The van der Waals surface area contributed by atoms with Crippen LogP contribution in [0.25, 0.3) is 11.0 Å². The maximum Gasteiger partial charge on any atom is 0.163 e. The van der Waals surface area contributed by atoms with Gasteiger partial charge >= 0.3 is 0 Å². The van der Waals surface area contributed by atoms with E-state index in [4.69, 9.17) is 5.11 Å². The lowest BCUT2D eigenvalue weighted by atomic mass is 9.97. The predicted octanol–water partition coefficient (Wildman–Crippen LogP) is 2.39. The van der Waals surface area contributed by atoms with Gasteiger partial charge in [-0.1, -0.05) is 6.92 Å². The normalized spacial score (nSPS) is 17.7. The Morgan fingerprint density at radius 2 is 2.30 bits per heavy atom. The lowest BCUT2D eigenvalue weighted by Gasteiger charge is -2.36. The number of nitrogens with zero attached hydrogens (tertiary/aromatic N) is 5. The van der Waals surface area contributed by atoms with Gasteiger partial charge < -0.3 is 10.0 Å². The first-order valence-electron chi connectivity index (χ1n) is 7.93. The van der Waals surface area contributed by atoms with Crippen molar-refractivity contribution in [2.45, 2.75) is 32.4 Å². The quantitative estimate of drug-likeness (QED) is 0.796. The van der Waals surface area contributed by atoms with E-state index in [-0.39, 0.29) is 6.61 Å². The smallest absolute Gasteiger partial charge is 0.163 e. The lowest BCUT2D eigenvalue weighted by molar-refractivity contribution is 0.271. The van der Waals surface area contributed by atoms with Crippen LogP contribution in [0.5, 0.6) is 0 Å². The van der Waals surface area contributed by atoms with E-state index >= 15 is 0 Å². The first kappa shape index (κ1) is 14.6. The van der Waals surface area contributed by atoms with Gasteiger partial charge in [0.05, 0.1) is 30.8 Å². The number of aliphatic hydroxyl groups excluding tert-OH is 1. The van der Waals surface area contributed by atoms with Crippen LogP contribution in [0.2, 0.25) is 0 Å². The molecule has 7 heteroatoms. The van der Waals surface area contributed by atoms with Crippen molar-refractivity contribution in [3.8, 4) is 0 Å².